The minimum atomic E-state index is -3.49. The lowest BCUT2D eigenvalue weighted by molar-refractivity contribution is 0.0935. The lowest BCUT2D eigenvalue weighted by Gasteiger charge is -2.25. The summed E-state index contributed by atoms with van der Waals surface area (Å²) in [7, 11) is -1.87. The van der Waals surface area contributed by atoms with E-state index in [9.17, 15) is 13.2 Å². The van der Waals surface area contributed by atoms with Gasteiger partial charge in [0, 0.05) is 5.56 Å². The highest BCUT2D eigenvalue weighted by molar-refractivity contribution is 7.92. The van der Waals surface area contributed by atoms with Crippen LogP contribution in [-0.2, 0) is 16.6 Å². The largest absolute Gasteiger partial charge is 0.497 e. The van der Waals surface area contributed by atoms with Crippen molar-refractivity contribution >= 4 is 21.6 Å². The van der Waals surface area contributed by atoms with E-state index in [4.69, 9.17) is 4.74 Å². The first-order valence-corrected chi connectivity index (χ1v) is 13.1. The molecular weight excluding hydrogens is 448 g/mol. The molecule has 3 aromatic carbocycles. The summed E-state index contributed by atoms with van der Waals surface area (Å²) in [6.45, 7) is 6.04. The molecule has 6 nitrogen and oxygen atoms in total. The Hall–Kier alpha value is -3.32. The fourth-order valence-corrected chi connectivity index (χ4v) is 4.73. The van der Waals surface area contributed by atoms with Gasteiger partial charge < -0.3 is 10.1 Å². The molecule has 3 aromatic rings. The Bertz CT molecular complexity index is 1240. The first-order valence-electron chi connectivity index (χ1n) is 11.2. The Morgan fingerprint density at radius 1 is 1.00 bits per heavy atom. The number of methoxy groups -OCH3 is 1. The lowest BCUT2D eigenvalue weighted by atomic mass is 10.0. The molecule has 0 spiro atoms. The van der Waals surface area contributed by atoms with Crippen LogP contribution in [0.15, 0.2) is 66.7 Å². The Kier molecular flexibility index (Phi) is 7.99. The van der Waals surface area contributed by atoms with Gasteiger partial charge >= 0.3 is 0 Å². The fraction of sp³-hybridized carbons (Fsp3) is 0.296. The molecule has 0 saturated carbocycles. The third-order valence-corrected chi connectivity index (χ3v) is 6.93. The predicted octanol–water partition coefficient (Wildman–Crippen LogP) is 5.16. The van der Waals surface area contributed by atoms with Crippen molar-refractivity contribution in [2.45, 2.75) is 39.8 Å². The van der Waals surface area contributed by atoms with Crippen LogP contribution < -0.4 is 14.4 Å². The zero-order valence-electron chi connectivity index (χ0n) is 20.3. The van der Waals surface area contributed by atoms with Gasteiger partial charge in [0.1, 0.15) is 5.75 Å². The Morgan fingerprint density at radius 3 is 2.21 bits per heavy atom. The van der Waals surface area contributed by atoms with Crippen LogP contribution in [0.3, 0.4) is 0 Å². The van der Waals surface area contributed by atoms with E-state index >= 15 is 0 Å². The molecule has 0 aromatic heterocycles. The van der Waals surface area contributed by atoms with E-state index in [1.165, 1.54) is 10.6 Å². The van der Waals surface area contributed by atoms with Gasteiger partial charge in [0.15, 0.2) is 0 Å². The maximum Gasteiger partial charge on any atom is 0.251 e. The molecule has 0 saturated heterocycles. The third-order valence-electron chi connectivity index (χ3n) is 5.81. The van der Waals surface area contributed by atoms with Crippen LogP contribution in [0.1, 0.15) is 52.0 Å². The van der Waals surface area contributed by atoms with Crippen LogP contribution >= 0.6 is 0 Å². The van der Waals surface area contributed by atoms with Crippen LogP contribution in [0, 0.1) is 13.8 Å². The van der Waals surface area contributed by atoms with Gasteiger partial charge in [0.25, 0.3) is 5.91 Å². The molecule has 0 radical (unpaired) electrons. The van der Waals surface area contributed by atoms with Crippen molar-refractivity contribution < 1.29 is 17.9 Å². The Morgan fingerprint density at radius 2 is 1.65 bits per heavy atom. The Balaban J connectivity index is 1.76. The van der Waals surface area contributed by atoms with Gasteiger partial charge in [-0.05, 0) is 72.9 Å². The number of hydrogen-bond donors (Lipinski definition) is 1. The average molecular weight is 481 g/mol. The second kappa shape index (κ2) is 10.7. The van der Waals surface area contributed by atoms with E-state index in [0.29, 0.717) is 11.3 Å². The van der Waals surface area contributed by atoms with E-state index in [1.807, 2.05) is 63.2 Å². The number of anilines is 1. The first kappa shape index (κ1) is 25.3. The number of nitrogens with zero attached hydrogens (tertiary/aromatic N) is 1. The van der Waals surface area contributed by atoms with Gasteiger partial charge in [-0.2, -0.15) is 0 Å². The van der Waals surface area contributed by atoms with Crippen molar-refractivity contribution in [3.05, 3.63) is 94.5 Å². The number of carbonyl (C=O) groups excluding carboxylic acids is 1. The van der Waals surface area contributed by atoms with Crippen molar-refractivity contribution in [3.8, 4) is 5.75 Å². The van der Waals surface area contributed by atoms with Gasteiger partial charge in [-0.15, -0.1) is 0 Å². The zero-order chi connectivity index (χ0) is 24.9. The molecule has 180 valence electrons. The molecule has 0 aliphatic rings. The lowest BCUT2D eigenvalue weighted by Crippen LogP contribution is -2.30. The monoisotopic (exact) mass is 480 g/mol. The number of ether oxygens (including phenoxy) is 1. The SMILES string of the molecule is CC[C@H](NC(=O)c1ccc(CN(c2cc(C)ccc2C)S(C)(=O)=O)cc1)c1ccc(OC)cc1. The minimum absolute atomic E-state index is 0.122. The number of rotatable bonds is 9. The molecular formula is C27H32N2O4S. The maximum absolute atomic E-state index is 12.9. The highest BCUT2D eigenvalue weighted by Crippen LogP contribution is 2.26. The van der Waals surface area contributed by atoms with Crippen LogP contribution in [0.4, 0.5) is 5.69 Å². The molecule has 1 atom stereocenters. The van der Waals surface area contributed by atoms with Gasteiger partial charge in [0.05, 0.1) is 31.6 Å². The van der Waals surface area contributed by atoms with E-state index in [1.54, 1.807) is 31.4 Å². The summed E-state index contributed by atoms with van der Waals surface area (Å²) in [5.41, 5.74) is 4.86. The second-order valence-electron chi connectivity index (χ2n) is 8.46. The summed E-state index contributed by atoms with van der Waals surface area (Å²) in [4.78, 5) is 12.9. The number of benzene rings is 3. The molecule has 0 bridgehead atoms. The van der Waals surface area contributed by atoms with Crippen molar-refractivity contribution in [1.29, 1.82) is 0 Å². The first-order chi connectivity index (χ1) is 16.1. The fourth-order valence-electron chi connectivity index (χ4n) is 3.80. The zero-order valence-corrected chi connectivity index (χ0v) is 21.1. The number of aryl methyl sites for hydroxylation is 2. The molecule has 0 unspecified atom stereocenters. The van der Waals surface area contributed by atoms with Gasteiger partial charge in [-0.3, -0.25) is 9.10 Å². The number of nitrogens with one attached hydrogen (secondary N) is 1. The summed E-state index contributed by atoms with van der Waals surface area (Å²) >= 11 is 0. The van der Waals surface area contributed by atoms with Gasteiger partial charge in [-0.25, -0.2) is 8.42 Å². The third kappa shape index (κ3) is 6.17. The van der Waals surface area contributed by atoms with E-state index in [-0.39, 0.29) is 18.5 Å². The summed E-state index contributed by atoms with van der Waals surface area (Å²) in [5.74, 6) is 0.591. The smallest absolute Gasteiger partial charge is 0.251 e. The summed E-state index contributed by atoms with van der Waals surface area (Å²) < 4.78 is 31.7. The number of amides is 1. The van der Waals surface area contributed by atoms with Crippen LogP contribution in [0.5, 0.6) is 5.75 Å². The van der Waals surface area contributed by atoms with Crippen molar-refractivity contribution in [2.24, 2.45) is 0 Å². The maximum atomic E-state index is 12.9. The van der Waals surface area contributed by atoms with Crippen LogP contribution in [-0.4, -0.2) is 27.7 Å². The van der Waals surface area contributed by atoms with Crippen LogP contribution in [0.2, 0.25) is 0 Å². The highest BCUT2D eigenvalue weighted by atomic mass is 32.2. The second-order valence-corrected chi connectivity index (χ2v) is 10.4. The summed E-state index contributed by atoms with van der Waals surface area (Å²) in [5, 5.41) is 3.07. The quantitative estimate of drug-likeness (QED) is 0.459. The molecule has 0 fully saturated rings. The van der Waals surface area contributed by atoms with Crippen LogP contribution in [0.25, 0.3) is 0 Å². The molecule has 0 aliphatic heterocycles. The predicted molar refractivity (Wildman–Crippen MR) is 137 cm³/mol. The topological polar surface area (TPSA) is 75.7 Å². The van der Waals surface area contributed by atoms with Gasteiger partial charge in [-0.1, -0.05) is 43.3 Å². The molecule has 0 heterocycles. The summed E-state index contributed by atoms with van der Waals surface area (Å²) in [6.07, 6.45) is 1.95. The van der Waals surface area contributed by atoms with Gasteiger partial charge in [0.2, 0.25) is 10.0 Å². The van der Waals surface area contributed by atoms with Crippen molar-refractivity contribution in [1.82, 2.24) is 5.32 Å². The molecule has 0 aliphatic carbocycles. The molecule has 34 heavy (non-hydrogen) atoms. The Labute approximate surface area is 202 Å². The molecule has 1 amide bonds. The molecule has 7 heteroatoms. The minimum Gasteiger partial charge on any atom is -0.497 e. The standard InChI is InChI=1S/C27H32N2O4S/c1-6-25(22-13-15-24(33-4)16-14-22)28-27(30)23-11-9-21(10-12-23)18-29(34(5,31)32)26-17-19(2)7-8-20(26)3/h7-17,25H,6,18H2,1-5H3,(H,28,30)/t25-/m0/s1. The number of sulfonamides is 1. The van der Waals surface area contributed by atoms with Crippen molar-refractivity contribution in [2.75, 3.05) is 17.7 Å². The summed E-state index contributed by atoms with van der Waals surface area (Å²) in [6, 6.07) is 20.3. The molecule has 3 rings (SSSR count). The normalized spacial score (nSPS) is 12.1. The highest BCUT2D eigenvalue weighted by Gasteiger charge is 2.20. The number of hydrogen-bond acceptors (Lipinski definition) is 4. The number of carbonyl (C=O) groups is 1. The van der Waals surface area contributed by atoms with E-state index in [0.717, 1.165) is 34.4 Å². The average Bonchev–Trinajstić information content (AvgIpc) is 2.82. The van der Waals surface area contributed by atoms with Crippen molar-refractivity contribution in [3.63, 3.8) is 0 Å². The van der Waals surface area contributed by atoms with E-state index in [2.05, 4.69) is 5.32 Å². The molecule has 1 N–H and O–H groups in total. The van der Waals surface area contributed by atoms with E-state index < -0.39 is 10.0 Å².